The summed E-state index contributed by atoms with van der Waals surface area (Å²) in [5, 5.41) is 16.0. The maximum Gasteiger partial charge on any atom is 0.220 e. The summed E-state index contributed by atoms with van der Waals surface area (Å²) >= 11 is 0. The van der Waals surface area contributed by atoms with Crippen LogP contribution in [0.2, 0.25) is 0 Å². The molecule has 0 unspecified atom stereocenters. The number of rotatable bonds is 7. The Kier molecular flexibility index (Phi) is 5.56. The van der Waals surface area contributed by atoms with Crippen molar-refractivity contribution in [1.29, 1.82) is 0 Å². The molecule has 0 atom stereocenters. The first-order valence-corrected chi connectivity index (χ1v) is 9.64. The van der Waals surface area contributed by atoms with E-state index in [4.69, 9.17) is 0 Å². The summed E-state index contributed by atoms with van der Waals surface area (Å²) in [5.41, 5.74) is 4.71. The van der Waals surface area contributed by atoms with Gasteiger partial charge in [-0.1, -0.05) is 35.9 Å². The Morgan fingerprint density at radius 3 is 2.66 bits per heavy atom. The van der Waals surface area contributed by atoms with Gasteiger partial charge < -0.3 is 5.32 Å². The molecule has 7 nitrogen and oxygen atoms in total. The maximum absolute atomic E-state index is 12.2. The van der Waals surface area contributed by atoms with Crippen molar-refractivity contribution in [3.63, 3.8) is 0 Å². The Bertz CT molecular complexity index is 1110. The number of carbonyl (C=O) groups is 1. The van der Waals surface area contributed by atoms with Crippen molar-refractivity contribution in [3.8, 4) is 11.3 Å². The van der Waals surface area contributed by atoms with Crippen LogP contribution in [0.3, 0.4) is 0 Å². The van der Waals surface area contributed by atoms with Crippen LogP contribution in [0, 0.1) is 6.92 Å². The lowest BCUT2D eigenvalue weighted by atomic mass is 10.1. The van der Waals surface area contributed by atoms with Crippen molar-refractivity contribution in [3.05, 3.63) is 77.9 Å². The van der Waals surface area contributed by atoms with Gasteiger partial charge in [0.1, 0.15) is 0 Å². The van der Waals surface area contributed by atoms with Gasteiger partial charge in [0.2, 0.25) is 5.91 Å². The fourth-order valence-corrected chi connectivity index (χ4v) is 3.06. The van der Waals surface area contributed by atoms with Gasteiger partial charge >= 0.3 is 0 Å². The SMILES string of the molecule is Cc1ccc(-c2ccc3nnc(CCC(=O)NCCc4ccccn4)n3n2)cc1. The van der Waals surface area contributed by atoms with Gasteiger partial charge in [-0.3, -0.25) is 9.78 Å². The summed E-state index contributed by atoms with van der Waals surface area (Å²) in [4.78, 5) is 16.4. The minimum Gasteiger partial charge on any atom is -0.356 e. The summed E-state index contributed by atoms with van der Waals surface area (Å²) in [6, 6.07) is 17.8. The second-order valence-electron chi connectivity index (χ2n) is 6.89. The lowest BCUT2D eigenvalue weighted by Crippen LogP contribution is -2.26. The number of carbonyl (C=O) groups excluding carboxylic acids is 1. The lowest BCUT2D eigenvalue weighted by molar-refractivity contribution is -0.121. The summed E-state index contributed by atoms with van der Waals surface area (Å²) in [6.45, 7) is 2.62. The van der Waals surface area contributed by atoms with Crippen LogP contribution in [0.15, 0.2) is 60.8 Å². The number of hydrogen-bond donors (Lipinski definition) is 1. The van der Waals surface area contributed by atoms with Crippen LogP contribution in [0.1, 0.15) is 23.5 Å². The van der Waals surface area contributed by atoms with Crippen molar-refractivity contribution in [2.45, 2.75) is 26.2 Å². The van der Waals surface area contributed by atoms with Crippen molar-refractivity contribution in [1.82, 2.24) is 30.1 Å². The minimum absolute atomic E-state index is 0.0210. The largest absolute Gasteiger partial charge is 0.356 e. The molecule has 0 bridgehead atoms. The molecular weight excluding hydrogens is 364 g/mol. The van der Waals surface area contributed by atoms with Crippen LogP contribution in [0.25, 0.3) is 16.9 Å². The monoisotopic (exact) mass is 386 g/mol. The summed E-state index contributed by atoms with van der Waals surface area (Å²) in [5.74, 6) is 0.654. The van der Waals surface area contributed by atoms with E-state index in [0.717, 1.165) is 17.0 Å². The molecule has 3 aromatic heterocycles. The summed E-state index contributed by atoms with van der Waals surface area (Å²) in [7, 11) is 0. The van der Waals surface area contributed by atoms with Crippen LogP contribution in [0.4, 0.5) is 0 Å². The number of benzene rings is 1. The molecule has 0 spiro atoms. The molecule has 4 rings (SSSR count). The Labute approximate surface area is 168 Å². The third-order valence-corrected chi connectivity index (χ3v) is 4.68. The number of pyridine rings is 1. The predicted octanol–water partition coefficient (Wildman–Crippen LogP) is 2.79. The van der Waals surface area contributed by atoms with Gasteiger partial charge in [0.25, 0.3) is 0 Å². The molecule has 0 aliphatic rings. The maximum atomic E-state index is 12.2. The van der Waals surface area contributed by atoms with E-state index in [0.29, 0.717) is 37.3 Å². The van der Waals surface area contributed by atoms with Gasteiger partial charge in [0.05, 0.1) is 5.69 Å². The quantitative estimate of drug-likeness (QED) is 0.528. The molecule has 7 heteroatoms. The molecule has 4 aromatic rings. The van der Waals surface area contributed by atoms with Crippen LogP contribution in [-0.2, 0) is 17.6 Å². The van der Waals surface area contributed by atoms with Crippen molar-refractivity contribution < 1.29 is 4.79 Å². The van der Waals surface area contributed by atoms with Crippen molar-refractivity contribution >= 4 is 11.6 Å². The molecule has 0 saturated heterocycles. The zero-order valence-corrected chi connectivity index (χ0v) is 16.2. The lowest BCUT2D eigenvalue weighted by Gasteiger charge is -2.05. The molecule has 29 heavy (non-hydrogen) atoms. The highest BCUT2D eigenvalue weighted by Gasteiger charge is 2.11. The molecule has 0 aliphatic carbocycles. The van der Waals surface area contributed by atoms with Crippen LogP contribution in [0.5, 0.6) is 0 Å². The van der Waals surface area contributed by atoms with Gasteiger partial charge in [-0.15, -0.1) is 10.2 Å². The van der Waals surface area contributed by atoms with Gasteiger partial charge in [-0.05, 0) is 31.2 Å². The van der Waals surface area contributed by atoms with E-state index in [1.54, 1.807) is 10.7 Å². The van der Waals surface area contributed by atoms with Gasteiger partial charge in [0.15, 0.2) is 11.5 Å². The summed E-state index contributed by atoms with van der Waals surface area (Å²) in [6.07, 6.45) is 3.27. The van der Waals surface area contributed by atoms with E-state index >= 15 is 0 Å². The first kappa shape index (κ1) is 18.7. The average Bonchev–Trinajstić information content (AvgIpc) is 3.16. The molecule has 0 radical (unpaired) electrons. The normalized spacial score (nSPS) is 10.9. The van der Waals surface area contributed by atoms with Crippen LogP contribution >= 0.6 is 0 Å². The molecule has 0 saturated carbocycles. The Morgan fingerprint density at radius 1 is 1.00 bits per heavy atom. The Balaban J connectivity index is 1.38. The Hall–Kier alpha value is -3.61. The van der Waals surface area contributed by atoms with E-state index in [9.17, 15) is 4.79 Å². The smallest absolute Gasteiger partial charge is 0.220 e. The van der Waals surface area contributed by atoms with E-state index in [-0.39, 0.29) is 5.91 Å². The fourth-order valence-electron chi connectivity index (χ4n) is 3.06. The molecule has 1 amide bonds. The third-order valence-electron chi connectivity index (χ3n) is 4.68. The topological polar surface area (TPSA) is 85.1 Å². The number of nitrogens with zero attached hydrogens (tertiary/aromatic N) is 5. The second kappa shape index (κ2) is 8.60. The van der Waals surface area contributed by atoms with Crippen molar-refractivity contribution in [2.75, 3.05) is 6.54 Å². The highest BCUT2D eigenvalue weighted by molar-refractivity contribution is 5.76. The molecular formula is C22H22N6O. The average molecular weight is 386 g/mol. The van der Waals surface area contributed by atoms with E-state index in [2.05, 4.69) is 44.7 Å². The zero-order valence-electron chi connectivity index (χ0n) is 16.2. The number of aryl methyl sites for hydroxylation is 2. The first-order valence-electron chi connectivity index (χ1n) is 9.64. The van der Waals surface area contributed by atoms with E-state index < -0.39 is 0 Å². The molecule has 0 fully saturated rings. The summed E-state index contributed by atoms with van der Waals surface area (Å²) < 4.78 is 1.72. The molecule has 3 heterocycles. The van der Waals surface area contributed by atoms with Gasteiger partial charge in [0, 0.05) is 43.3 Å². The molecule has 1 N–H and O–H groups in total. The van der Waals surface area contributed by atoms with Crippen molar-refractivity contribution in [2.24, 2.45) is 0 Å². The highest BCUT2D eigenvalue weighted by atomic mass is 16.1. The first-order chi connectivity index (χ1) is 14.2. The Morgan fingerprint density at radius 2 is 1.86 bits per heavy atom. The van der Waals surface area contributed by atoms with E-state index in [1.165, 1.54) is 5.56 Å². The second-order valence-corrected chi connectivity index (χ2v) is 6.89. The fraction of sp³-hybridized carbons (Fsp3) is 0.227. The number of fused-ring (bicyclic) bond motifs is 1. The number of hydrogen-bond acceptors (Lipinski definition) is 5. The third kappa shape index (κ3) is 4.63. The zero-order chi connectivity index (χ0) is 20.1. The van der Waals surface area contributed by atoms with Crippen LogP contribution < -0.4 is 5.32 Å². The van der Waals surface area contributed by atoms with E-state index in [1.807, 2.05) is 42.5 Å². The predicted molar refractivity (Wildman–Crippen MR) is 110 cm³/mol. The molecule has 146 valence electrons. The standard InChI is InChI=1S/C22H22N6O/c1-16-5-7-17(8-6-16)19-9-10-20-25-26-21(28(20)27-19)11-12-22(29)24-15-13-18-4-2-3-14-23-18/h2-10,14H,11-13,15H2,1H3,(H,24,29). The van der Waals surface area contributed by atoms with Gasteiger partial charge in [-0.25, -0.2) is 0 Å². The highest BCUT2D eigenvalue weighted by Crippen LogP contribution is 2.18. The minimum atomic E-state index is -0.0210. The number of aromatic nitrogens is 5. The number of nitrogens with one attached hydrogen (secondary N) is 1. The molecule has 0 aliphatic heterocycles. The van der Waals surface area contributed by atoms with Crippen LogP contribution in [-0.4, -0.2) is 37.2 Å². The number of amides is 1. The van der Waals surface area contributed by atoms with Gasteiger partial charge in [-0.2, -0.15) is 9.61 Å². The molecule has 1 aromatic carbocycles.